The van der Waals surface area contributed by atoms with Crippen molar-refractivity contribution in [1.29, 1.82) is 0 Å². The molecule has 150 valence electrons. The molecule has 0 aliphatic carbocycles. The Morgan fingerprint density at radius 3 is 2.68 bits per heavy atom. The summed E-state index contributed by atoms with van der Waals surface area (Å²) in [4.78, 5) is 22.2. The van der Waals surface area contributed by atoms with E-state index in [1.807, 2.05) is 19.9 Å². The lowest BCUT2D eigenvalue weighted by Crippen LogP contribution is -2.23. The van der Waals surface area contributed by atoms with Crippen molar-refractivity contribution in [1.82, 2.24) is 9.97 Å². The fourth-order valence-corrected chi connectivity index (χ4v) is 3.84. The topological polar surface area (TPSA) is 114 Å². The summed E-state index contributed by atoms with van der Waals surface area (Å²) < 4.78 is 32.5. The number of aromatic amines is 1. The maximum Gasteiger partial charge on any atom is 0.294 e. The predicted molar refractivity (Wildman–Crippen MR) is 110 cm³/mol. The van der Waals surface area contributed by atoms with Crippen LogP contribution in [0, 0.1) is 0 Å². The molecule has 0 spiro atoms. The standard InChI is InChI=1S/C17H18Cl2N4O4S/c1-10(2)7-11(20-3)9-27-14-8-21-16(17(24)22-14)23-28(25,26)13-6-4-5-12(18)15(13)19/h4-8H,9H2,1-3H3,(H,21,23)(H,22,24). The minimum absolute atomic E-state index is 0.0667. The van der Waals surface area contributed by atoms with E-state index in [0.717, 1.165) is 5.57 Å². The fourth-order valence-electron chi connectivity index (χ4n) is 2.06. The van der Waals surface area contributed by atoms with E-state index in [0.29, 0.717) is 5.71 Å². The summed E-state index contributed by atoms with van der Waals surface area (Å²) in [5, 5.41) is -0.0846. The first-order chi connectivity index (χ1) is 13.1. The summed E-state index contributed by atoms with van der Waals surface area (Å²) in [6, 6.07) is 4.14. The third-order valence-electron chi connectivity index (χ3n) is 3.32. The molecule has 2 N–H and O–H groups in total. The first-order valence-corrected chi connectivity index (χ1v) is 10.2. The van der Waals surface area contributed by atoms with Gasteiger partial charge in [-0.3, -0.25) is 19.5 Å². The van der Waals surface area contributed by atoms with E-state index in [-0.39, 0.29) is 27.4 Å². The van der Waals surface area contributed by atoms with Crippen LogP contribution in [0.1, 0.15) is 13.8 Å². The van der Waals surface area contributed by atoms with Gasteiger partial charge in [0.1, 0.15) is 11.5 Å². The van der Waals surface area contributed by atoms with Crippen LogP contribution in [0.4, 0.5) is 5.82 Å². The van der Waals surface area contributed by atoms with Gasteiger partial charge in [0.25, 0.3) is 15.6 Å². The van der Waals surface area contributed by atoms with Crippen molar-refractivity contribution in [2.24, 2.45) is 4.99 Å². The highest BCUT2D eigenvalue weighted by atomic mass is 35.5. The molecular weight excluding hydrogens is 427 g/mol. The van der Waals surface area contributed by atoms with E-state index >= 15 is 0 Å². The second-order valence-electron chi connectivity index (χ2n) is 5.81. The zero-order valence-electron chi connectivity index (χ0n) is 15.3. The zero-order chi connectivity index (χ0) is 20.9. The van der Waals surface area contributed by atoms with E-state index in [1.54, 1.807) is 7.05 Å². The van der Waals surface area contributed by atoms with Crippen molar-refractivity contribution in [3.63, 3.8) is 0 Å². The fraction of sp³-hybridized carbons (Fsp3) is 0.235. The van der Waals surface area contributed by atoms with Crippen LogP contribution in [0.25, 0.3) is 0 Å². The Hall–Kier alpha value is -2.36. The van der Waals surface area contributed by atoms with Gasteiger partial charge >= 0.3 is 0 Å². The number of nitrogens with zero attached hydrogens (tertiary/aromatic N) is 2. The smallest absolute Gasteiger partial charge is 0.294 e. The lowest BCUT2D eigenvalue weighted by Gasteiger charge is -2.10. The van der Waals surface area contributed by atoms with Gasteiger partial charge in [0.2, 0.25) is 11.7 Å². The number of sulfonamides is 1. The summed E-state index contributed by atoms with van der Waals surface area (Å²) in [5.41, 5.74) is 0.929. The molecule has 0 atom stereocenters. The van der Waals surface area contributed by atoms with E-state index in [2.05, 4.69) is 19.7 Å². The number of aliphatic imine (C=N–C) groups is 1. The zero-order valence-corrected chi connectivity index (χ0v) is 17.6. The Kier molecular flexibility index (Phi) is 7.22. The molecule has 28 heavy (non-hydrogen) atoms. The average molecular weight is 445 g/mol. The van der Waals surface area contributed by atoms with Crippen molar-refractivity contribution in [3.8, 4) is 5.88 Å². The maximum atomic E-state index is 12.5. The van der Waals surface area contributed by atoms with E-state index in [1.165, 1.54) is 24.4 Å². The molecule has 0 aliphatic heterocycles. The molecule has 2 aromatic rings. The van der Waals surface area contributed by atoms with Crippen LogP contribution in [-0.4, -0.2) is 37.8 Å². The summed E-state index contributed by atoms with van der Waals surface area (Å²) in [6.45, 7) is 3.95. The van der Waals surface area contributed by atoms with Crippen LogP contribution < -0.4 is 15.0 Å². The Bertz CT molecular complexity index is 1090. The summed E-state index contributed by atoms with van der Waals surface area (Å²) in [7, 11) is -2.54. The SMILES string of the molecule is CN=C(C=C(C)C)COc1cnc(NS(=O)(=O)c2cccc(Cl)c2Cl)c(=O)[nH]1. The molecule has 1 aromatic heterocycles. The second-order valence-corrected chi connectivity index (χ2v) is 8.24. The van der Waals surface area contributed by atoms with Crippen molar-refractivity contribution in [3.05, 3.63) is 56.4 Å². The van der Waals surface area contributed by atoms with Crippen LogP contribution in [0.15, 0.2) is 50.7 Å². The van der Waals surface area contributed by atoms with Crippen LogP contribution in [0.2, 0.25) is 10.0 Å². The number of halogens is 2. The summed E-state index contributed by atoms with van der Waals surface area (Å²) in [6.07, 6.45) is 3.03. The number of anilines is 1. The first kappa shape index (κ1) is 21.9. The number of hydrogen-bond donors (Lipinski definition) is 2. The molecule has 0 radical (unpaired) electrons. The number of hydrogen-bond acceptors (Lipinski definition) is 6. The van der Waals surface area contributed by atoms with Crippen molar-refractivity contribution in [2.45, 2.75) is 18.7 Å². The molecule has 0 unspecified atom stereocenters. The number of ether oxygens (including phenoxy) is 1. The number of benzene rings is 1. The Morgan fingerprint density at radius 2 is 2.07 bits per heavy atom. The average Bonchev–Trinajstić information content (AvgIpc) is 2.62. The molecule has 0 aliphatic rings. The van der Waals surface area contributed by atoms with Crippen molar-refractivity contribution < 1.29 is 13.2 Å². The normalized spacial score (nSPS) is 11.8. The molecule has 2 rings (SSSR count). The highest BCUT2D eigenvalue weighted by Gasteiger charge is 2.21. The van der Waals surface area contributed by atoms with Gasteiger partial charge in [-0.2, -0.15) is 0 Å². The van der Waals surface area contributed by atoms with Crippen LogP contribution >= 0.6 is 23.2 Å². The van der Waals surface area contributed by atoms with E-state index in [4.69, 9.17) is 27.9 Å². The molecule has 8 nitrogen and oxygen atoms in total. The molecule has 11 heteroatoms. The van der Waals surface area contributed by atoms with Crippen LogP contribution in [-0.2, 0) is 10.0 Å². The van der Waals surface area contributed by atoms with Gasteiger partial charge in [0.05, 0.1) is 22.0 Å². The molecule has 1 heterocycles. The summed E-state index contributed by atoms with van der Waals surface area (Å²) in [5.74, 6) is -0.367. The molecule has 0 saturated carbocycles. The van der Waals surface area contributed by atoms with Gasteiger partial charge in [-0.15, -0.1) is 0 Å². The quantitative estimate of drug-likeness (QED) is 0.635. The molecule has 1 aromatic carbocycles. The molecule has 0 bridgehead atoms. The molecular formula is C17H18Cl2N4O4S. The minimum Gasteiger partial charge on any atom is -0.471 e. The van der Waals surface area contributed by atoms with Gasteiger partial charge in [-0.05, 0) is 32.1 Å². The number of rotatable bonds is 7. The third-order valence-corrected chi connectivity index (χ3v) is 5.63. The van der Waals surface area contributed by atoms with Gasteiger partial charge in [-0.25, -0.2) is 13.4 Å². The Balaban J connectivity index is 2.20. The van der Waals surface area contributed by atoms with Gasteiger partial charge < -0.3 is 4.74 Å². The molecule has 0 fully saturated rings. The highest BCUT2D eigenvalue weighted by molar-refractivity contribution is 7.92. The second kappa shape index (κ2) is 9.22. The predicted octanol–water partition coefficient (Wildman–Crippen LogP) is 3.29. The monoisotopic (exact) mass is 444 g/mol. The number of aromatic nitrogens is 2. The highest BCUT2D eigenvalue weighted by Crippen LogP contribution is 2.29. The molecule has 0 saturated heterocycles. The number of H-pyrrole nitrogens is 1. The lowest BCUT2D eigenvalue weighted by atomic mass is 10.2. The van der Waals surface area contributed by atoms with E-state index in [9.17, 15) is 13.2 Å². The van der Waals surface area contributed by atoms with Gasteiger partial charge in [-0.1, -0.05) is 34.8 Å². The number of nitrogens with one attached hydrogen (secondary N) is 2. The Morgan fingerprint density at radius 1 is 1.36 bits per heavy atom. The Labute approximate surface area is 172 Å². The number of allylic oxidation sites excluding steroid dienone is 1. The van der Waals surface area contributed by atoms with Crippen LogP contribution in [0.5, 0.6) is 5.88 Å². The summed E-state index contributed by atoms with van der Waals surface area (Å²) >= 11 is 11.8. The largest absolute Gasteiger partial charge is 0.471 e. The minimum atomic E-state index is -4.16. The van der Waals surface area contributed by atoms with Crippen molar-refractivity contribution >= 4 is 44.8 Å². The third kappa shape index (κ3) is 5.57. The van der Waals surface area contributed by atoms with Gasteiger partial charge in [0.15, 0.2) is 0 Å². The van der Waals surface area contributed by atoms with Gasteiger partial charge in [0, 0.05) is 7.05 Å². The first-order valence-electron chi connectivity index (χ1n) is 7.93. The van der Waals surface area contributed by atoms with Crippen molar-refractivity contribution in [2.75, 3.05) is 18.4 Å². The lowest BCUT2D eigenvalue weighted by molar-refractivity contribution is 0.359. The van der Waals surface area contributed by atoms with Crippen LogP contribution in [0.3, 0.4) is 0 Å². The molecule has 0 amide bonds. The maximum absolute atomic E-state index is 12.5. The van der Waals surface area contributed by atoms with E-state index < -0.39 is 21.4 Å².